The van der Waals surface area contributed by atoms with E-state index in [2.05, 4.69) is 5.32 Å². The molecule has 1 aliphatic carbocycles. The molecule has 0 unspecified atom stereocenters. The predicted octanol–water partition coefficient (Wildman–Crippen LogP) is 3.08. The van der Waals surface area contributed by atoms with Crippen LogP contribution in [0.4, 0.5) is 0 Å². The summed E-state index contributed by atoms with van der Waals surface area (Å²) in [6.07, 6.45) is 5.22. The van der Waals surface area contributed by atoms with Crippen LogP contribution in [0.25, 0.3) is 0 Å². The lowest BCUT2D eigenvalue weighted by atomic mass is 9.83. The Balaban J connectivity index is 1.61. The second-order valence-corrected chi connectivity index (χ2v) is 5.87. The number of carbonyl (C=O) groups is 1. The Morgan fingerprint density at radius 2 is 2.26 bits per heavy atom. The van der Waals surface area contributed by atoms with Crippen molar-refractivity contribution < 1.29 is 9.53 Å². The summed E-state index contributed by atoms with van der Waals surface area (Å²) in [6.45, 7) is 1.22. The number of ether oxygens (including phenoxy) is 1. The third kappa shape index (κ3) is 2.86. The standard InChI is InChI=1S/C15H18ClNO2/c16-13-7-11-4-5-19-15(11)12(8-13)9-17-14(18)6-10-2-1-3-10/h7-8,10H,1-6,9H2,(H,17,18). The monoisotopic (exact) mass is 279 g/mol. The summed E-state index contributed by atoms with van der Waals surface area (Å²) in [5.74, 6) is 1.64. The van der Waals surface area contributed by atoms with Gasteiger partial charge in [0.1, 0.15) is 5.75 Å². The fraction of sp³-hybridized carbons (Fsp3) is 0.533. The molecule has 3 rings (SSSR count). The van der Waals surface area contributed by atoms with Crippen molar-refractivity contribution in [3.05, 3.63) is 28.3 Å². The molecule has 0 bridgehead atoms. The summed E-state index contributed by atoms with van der Waals surface area (Å²) in [5, 5.41) is 3.69. The molecule has 0 atom stereocenters. The van der Waals surface area contributed by atoms with Gasteiger partial charge in [0.25, 0.3) is 0 Å². The van der Waals surface area contributed by atoms with E-state index in [1.165, 1.54) is 19.3 Å². The van der Waals surface area contributed by atoms with Gasteiger partial charge in [-0.3, -0.25) is 4.79 Å². The maximum absolute atomic E-state index is 11.8. The van der Waals surface area contributed by atoms with Gasteiger partial charge in [0, 0.05) is 30.0 Å². The zero-order valence-corrected chi connectivity index (χ0v) is 11.6. The summed E-state index contributed by atoms with van der Waals surface area (Å²) in [4.78, 5) is 11.8. The topological polar surface area (TPSA) is 38.3 Å². The van der Waals surface area contributed by atoms with E-state index in [0.717, 1.165) is 23.3 Å². The van der Waals surface area contributed by atoms with Gasteiger partial charge in [0.05, 0.1) is 6.61 Å². The highest BCUT2D eigenvalue weighted by molar-refractivity contribution is 6.30. The quantitative estimate of drug-likeness (QED) is 0.920. The molecule has 0 radical (unpaired) electrons. The van der Waals surface area contributed by atoms with Crippen LogP contribution in [0, 0.1) is 5.92 Å². The van der Waals surface area contributed by atoms with Gasteiger partial charge in [-0.25, -0.2) is 0 Å². The largest absolute Gasteiger partial charge is 0.493 e. The first-order valence-electron chi connectivity index (χ1n) is 6.93. The fourth-order valence-electron chi connectivity index (χ4n) is 2.70. The summed E-state index contributed by atoms with van der Waals surface area (Å²) >= 11 is 6.09. The molecule has 1 aromatic carbocycles. The molecule has 0 aromatic heterocycles. The molecule has 1 N–H and O–H groups in total. The normalized spacial score (nSPS) is 17.5. The number of hydrogen-bond acceptors (Lipinski definition) is 2. The number of fused-ring (bicyclic) bond motifs is 1. The number of halogens is 1. The van der Waals surface area contributed by atoms with Crippen LogP contribution < -0.4 is 10.1 Å². The smallest absolute Gasteiger partial charge is 0.220 e. The lowest BCUT2D eigenvalue weighted by Gasteiger charge is -2.24. The van der Waals surface area contributed by atoms with Crippen LogP contribution in [-0.2, 0) is 17.8 Å². The van der Waals surface area contributed by atoms with Crippen LogP contribution in [-0.4, -0.2) is 12.5 Å². The predicted molar refractivity (Wildman–Crippen MR) is 74.5 cm³/mol. The Hall–Kier alpha value is -1.22. The zero-order valence-electron chi connectivity index (χ0n) is 10.9. The van der Waals surface area contributed by atoms with Gasteiger partial charge in [-0.05, 0) is 36.5 Å². The summed E-state index contributed by atoms with van der Waals surface area (Å²) in [6, 6.07) is 3.83. The van der Waals surface area contributed by atoms with Gasteiger partial charge in [0.2, 0.25) is 5.91 Å². The minimum absolute atomic E-state index is 0.136. The zero-order chi connectivity index (χ0) is 13.2. The molecule has 102 valence electrons. The lowest BCUT2D eigenvalue weighted by Crippen LogP contribution is -2.27. The van der Waals surface area contributed by atoms with Crippen LogP contribution in [0.2, 0.25) is 5.02 Å². The highest BCUT2D eigenvalue weighted by atomic mass is 35.5. The first-order chi connectivity index (χ1) is 9.22. The average Bonchev–Trinajstić information content (AvgIpc) is 2.78. The van der Waals surface area contributed by atoms with Gasteiger partial charge in [-0.1, -0.05) is 18.0 Å². The Morgan fingerprint density at radius 1 is 1.42 bits per heavy atom. The Morgan fingerprint density at radius 3 is 3.00 bits per heavy atom. The molecular formula is C15H18ClNO2. The molecule has 3 nitrogen and oxygen atoms in total. The van der Waals surface area contributed by atoms with Gasteiger partial charge in [-0.15, -0.1) is 0 Å². The van der Waals surface area contributed by atoms with E-state index in [0.29, 0.717) is 30.5 Å². The highest BCUT2D eigenvalue weighted by Crippen LogP contribution is 2.33. The first-order valence-corrected chi connectivity index (χ1v) is 7.31. The number of carbonyl (C=O) groups excluding carboxylic acids is 1. The van der Waals surface area contributed by atoms with Gasteiger partial charge < -0.3 is 10.1 Å². The van der Waals surface area contributed by atoms with Crippen molar-refractivity contribution in [1.29, 1.82) is 0 Å². The van der Waals surface area contributed by atoms with E-state index in [4.69, 9.17) is 16.3 Å². The average molecular weight is 280 g/mol. The summed E-state index contributed by atoms with van der Waals surface area (Å²) in [5.41, 5.74) is 2.14. The van der Waals surface area contributed by atoms with Gasteiger partial charge >= 0.3 is 0 Å². The first kappa shape index (κ1) is 12.8. The van der Waals surface area contributed by atoms with E-state index in [1.807, 2.05) is 12.1 Å². The molecule has 1 aromatic rings. The van der Waals surface area contributed by atoms with Crippen LogP contribution >= 0.6 is 11.6 Å². The fourth-order valence-corrected chi connectivity index (χ4v) is 2.97. The Labute approximate surface area is 118 Å². The molecule has 1 saturated carbocycles. The highest BCUT2D eigenvalue weighted by Gasteiger charge is 2.21. The third-order valence-electron chi connectivity index (χ3n) is 4.00. The molecule has 1 fully saturated rings. The SMILES string of the molecule is O=C(CC1CCC1)NCc1cc(Cl)cc2c1OCC2. The van der Waals surface area contributed by atoms with Crippen LogP contribution in [0.5, 0.6) is 5.75 Å². The molecule has 0 saturated heterocycles. The maximum atomic E-state index is 11.8. The van der Waals surface area contributed by atoms with E-state index < -0.39 is 0 Å². The Kier molecular flexibility index (Phi) is 3.65. The molecule has 1 amide bonds. The molecule has 19 heavy (non-hydrogen) atoms. The molecule has 2 aliphatic rings. The molecule has 1 aliphatic heterocycles. The number of hydrogen-bond donors (Lipinski definition) is 1. The number of benzene rings is 1. The van der Waals surface area contributed by atoms with Crippen molar-refractivity contribution >= 4 is 17.5 Å². The van der Waals surface area contributed by atoms with Crippen LogP contribution in [0.3, 0.4) is 0 Å². The van der Waals surface area contributed by atoms with Gasteiger partial charge in [-0.2, -0.15) is 0 Å². The van der Waals surface area contributed by atoms with Crippen molar-refractivity contribution in [2.24, 2.45) is 5.92 Å². The van der Waals surface area contributed by atoms with Crippen molar-refractivity contribution in [3.8, 4) is 5.75 Å². The second kappa shape index (κ2) is 5.41. The number of rotatable bonds is 4. The second-order valence-electron chi connectivity index (χ2n) is 5.43. The van der Waals surface area contributed by atoms with Gasteiger partial charge in [0.15, 0.2) is 0 Å². The van der Waals surface area contributed by atoms with E-state index in [9.17, 15) is 4.79 Å². The maximum Gasteiger partial charge on any atom is 0.220 e. The summed E-state index contributed by atoms with van der Waals surface area (Å²) < 4.78 is 5.62. The van der Waals surface area contributed by atoms with Crippen LogP contribution in [0.15, 0.2) is 12.1 Å². The third-order valence-corrected chi connectivity index (χ3v) is 4.22. The number of amides is 1. The van der Waals surface area contributed by atoms with Crippen molar-refractivity contribution in [2.45, 2.75) is 38.6 Å². The minimum atomic E-state index is 0.136. The molecule has 1 heterocycles. The molecule has 4 heteroatoms. The minimum Gasteiger partial charge on any atom is -0.493 e. The number of nitrogens with one attached hydrogen (secondary N) is 1. The van der Waals surface area contributed by atoms with Crippen molar-refractivity contribution in [1.82, 2.24) is 5.32 Å². The van der Waals surface area contributed by atoms with Crippen molar-refractivity contribution in [2.75, 3.05) is 6.61 Å². The van der Waals surface area contributed by atoms with Crippen molar-refractivity contribution in [3.63, 3.8) is 0 Å². The van der Waals surface area contributed by atoms with E-state index in [1.54, 1.807) is 0 Å². The Bertz CT molecular complexity index is 497. The van der Waals surface area contributed by atoms with E-state index >= 15 is 0 Å². The lowest BCUT2D eigenvalue weighted by molar-refractivity contribution is -0.122. The molecular weight excluding hydrogens is 262 g/mol. The molecule has 0 spiro atoms. The summed E-state index contributed by atoms with van der Waals surface area (Å²) in [7, 11) is 0. The van der Waals surface area contributed by atoms with Crippen LogP contribution in [0.1, 0.15) is 36.8 Å². The van der Waals surface area contributed by atoms with E-state index in [-0.39, 0.29) is 5.91 Å².